The Morgan fingerprint density at radius 2 is 2.27 bits per heavy atom. The van der Waals surface area contributed by atoms with E-state index in [0.29, 0.717) is 12.3 Å². The summed E-state index contributed by atoms with van der Waals surface area (Å²) in [6.45, 7) is 7.42. The van der Waals surface area contributed by atoms with Crippen LogP contribution in [-0.2, 0) is 17.8 Å². The van der Waals surface area contributed by atoms with Crippen molar-refractivity contribution in [3.8, 4) is 0 Å². The largest absolute Gasteiger partial charge is 0.311 e. The van der Waals surface area contributed by atoms with E-state index in [1.165, 1.54) is 9.75 Å². The molecule has 3 rings (SSSR count). The molecule has 1 atom stereocenters. The lowest BCUT2D eigenvalue weighted by Crippen LogP contribution is -2.24. The summed E-state index contributed by atoms with van der Waals surface area (Å²) in [6.07, 6.45) is 4.56. The fourth-order valence-electron chi connectivity index (χ4n) is 2.85. The Labute approximate surface area is 135 Å². The molecule has 1 N–H and O–H groups in total. The molecule has 0 saturated carbocycles. The van der Waals surface area contributed by atoms with Gasteiger partial charge in [0.1, 0.15) is 5.82 Å². The molecule has 0 aromatic carbocycles. The van der Waals surface area contributed by atoms with Crippen LogP contribution in [0.25, 0.3) is 0 Å². The number of carbonyl (C=O) groups is 1. The van der Waals surface area contributed by atoms with Crippen molar-refractivity contribution in [1.82, 2.24) is 9.78 Å². The van der Waals surface area contributed by atoms with Crippen molar-refractivity contribution in [3.63, 3.8) is 0 Å². The number of nitrogens with one attached hydrogen (secondary N) is 1. The van der Waals surface area contributed by atoms with Gasteiger partial charge in [-0.3, -0.25) is 4.79 Å². The number of hydrogen-bond donors (Lipinski definition) is 1. The lowest BCUT2D eigenvalue weighted by Gasteiger charge is -2.22. The van der Waals surface area contributed by atoms with Crippen LogP contribution < -0.4 is 5.32 Å². The van der Waals surface area contributed by atoms with Crippen molar-refractivity contribution < 1.29 is 4.79 Å². The molecule has 0 aliphatic carbocycles. The molecule has 0 fully saturated rings. The van der Waals surface area contributed by atoms with Gasteiger partial charge in [-0.1, -0.05) is 20.8 Å². The number of carbonyl (C=O) groups excluding carboxylic acids is 1. The number of aryl methyl sites for hydroxylation is 2. The van der Waals surface area contributed by atoms with E-state index < -0.39 is 0 Å². The first-order valence-corrected chi connectivity index (χ1v) is 8.84. The standard InChI is InChI=1S/C17H23N3OS/c1-4-12-5-6-15(22-12)13-9-16(21)19-17-14(13)10-18-20(17)8-7-11(2)3/h5-6,10-11,13H,4,7-9H2,1-3H3,(H,19,21). The summed E-state index contributed by atoms with van der Waals surface area (Å²) in [5.41, 5.74) is 1.16. The highest BCUT2D eigenvalue weighted by Gasteiger charge is 2.30. The summed E-state index contributed by atoms with van der Waals surface area (Å²) in [4.78, 5) is 14.8. The SMILES string of the molecule is CCc1ccc(C2CC(=O)Nc3c2cnn3CCC(C)C)s1. The zero-order valence-electron chi connectivity index (χ0n) is 13.4. The predicted molar refractivity (Wildman–Crippen MR) is 90.5 cm³/mol. The summed E-state index contributed by atoms with van der Waals surface area (Å²) < 4.78 is 1.95. The fourth-order valence-corrected chi connectivity index (χ4v) is 3.92. The third kappa shape index (κ3) is 2.95. The quantitative estimate of drug-likeness (QED) is 0.905. The van der Waals surface area contributed by atoms with Crippen LogP contribution >= 0.6 is 11.3 Å². The number of hydrogen-bond acceptors (Lipinski definition) is 3. The molecule has 2 aromatic heterocycles. The molecular weight excluding hydrogens is 294 g/mol. The second-order valence-electron chi connectivity index (χ2n) is 6.32. The Balaban J connectivity index is 1.91. The Morgan fingerprint density at radius 1 is 1.45 bits per heavy atom. The highest BCUT2D eigenvalue weighted by molar-refractivity contribution is 7.12. The molecule has 5 heteroatoms. The van der Waals surface area contributed by atoms with Gasteiger partial charge in [0.15, 0.2) is 0 Å². The summed E-state index contributed by atoms with van der Waals surface area (Å²) in [6, 6.07) is 4.34. The number of rotatable bonds is 5. The number of anilines is 1. The number of aromatic nitrogens is 2. The van der Waals surface area contributed by atoms with Crippen LogP contribution in [0.4, 0.5) is 5.82 Å². The Morgan fingerprint density at radius 3 is 2.95 bits per heavy atom. The highest BCUT2D eigenvalue weighted by Crippen LogP contribution is 2.39. The third-order valence-corrected chi connectivity index (χ3v) is 5.53. The van der Waals surface area contributed by atoms with E-state index in [-0.39, 0.29) is 11.8 Å². The van der Waals surface area contributed by atoms with Crippen LogP contribution in [0.2, 0.25) is 0 Å². The van der Waals surface area contributed by atoms with Gasteiger partial charge < -0.3 is 5.32 Å². The zero-order chi connectivity index (χ0) is 15.7. The highest BCUT2D eigenvalue weighted by atomic mass is 32.1. The molecule has 1 amide bonds. The van der Waals surface area contributed by atoms with E-state index in [1.54, 1.807) is 0 Å². The average Bonchev–Trinajstić information content (AvgIpc) is 3.11. The smallest absolute Gasteiger partial charge is 0.226 e. The van der Waals surface area contributed by atoms with E-state index >= 15 is 0 Å². The van der Waals surface area contributed by atoms with Crippen molar-refractivity contribution in [2.24, 2.45) is 5.92 Å². The first-order chi connectivity index (χ1) is 10.6. The van der Waals surface area contributed by atoms with Crippen molar-refractivity contribution in [2.75, 3.05) is 5.32 Å². The van der Waals surface area contributed by atoms with Crippen molar-refractivity contribution >= 4 is 23.1 Å². The van der Waals surface area contributed by atoms with Crippen LogP contribution in [0.3, 0.4) is 0 Å². The molecule has 0 saturated heterocycles. The maximum Gasteiger partial charge on any atom is 0.226 e. The van der Waals surface area contributed by atoms with Crippen molar-refractivity contribution in [2.45, 2.75) is 52.5 Å². The van der Waals surface area contributed by atoms with Crippen LogP contribution in [0, 0.1) is 5.92 Å². The van der Waals surface area contributed by atoms with Gasteiger partial charge in [0.2, 0.25) is 5.91 Å². The Hall–Kier alpha value is -1.62. The molecule has 118 valence electrons. The molecule has 0 bridgehead atoms. The van der Waals surface area contributed by atoms with Crippen molar-refractivity contribution in [1.29, 1.82) is 0 Å². The van der Waals surface area contributed by atoms with Gasteiger partial charge in [-0.2, -0.15) is 5.10 Å². The Bertz CT molecular complexity index is 671. The van der Waals surface area contributed by atoms with Gasteiger partial charge in [-0.05, 0) is 30.9 Å². The van der Waals surface area contributed by atoms with Gasteiger partial charge in [0.05, 0.1) is 6.20 Å². The minimum Gasteiger partial charge on any atom is -0.311 e. The van der Waals surface area contributed by atoms with Crippen LogP contribution in [0.5, 0.6) is 0 Å². The second kappa shape index (κ2) is 6.24. The minimum absolute atomic E-state index is 0.0928. The minimum atomic E-state index is 0.0928. The summed E-state index contributed by atoms with van der Waals surface area (Å²) in [5.74, 6) is 1.77. The van der Waals surface area contributed by atoms with E-state index in [0.717, 1.165) is 30.8 Å². The molecule has 0 spiro atoms. The monoisotopic (exact) mass is 317 g/mol. The summed E-state index contributed by atoms with van der Waals surface area (Å²) in [5, 5.41) is 7.53. The normalized spacial score (nSPS) is 17.6. The van der Waals surface area contributed by atoms with Crippen LogP contribution in [0.1, 0.15) is 54.8 Å². The lowest BCUT2D eigenvalue weighted by molar-refractivity contribution is -0.116. The first kappa shape index (κ1) is 15.3. The molecule has 1 unspecified atom stereocenters. The molecule has 3 heterocycles. The zero-order valence-corrected chi connectivity index (χ0v) is 14.2. The number of amides is 1. The summed E-state index contributed by atoms with van der Waals surface area (Å²) in [7, 11) is 0. The van der Waals surface area contributed by atoms with Gasteiger partial charge in [-0.15, -0.1) is 11.3 Å². The van der Waals surface area contributed by atoms with Crippen molar-refractivity contribution in [3.05, 3.63) is 33.6 Å². The average molecular weight is 317 g/mol. The maximum absolute atomic E-state index is 12.1. The maximum atomic E-state index is 12.1. The molecular formula is C17H23N3OS. The molecule has 4 nitrogen and oxygen atoms in total. The van der Waals surface area contributed by atoms with Gasteiger partial charge in [0.25, 0.3) is 0 Å². The topological polar surface area (TPSA) is 46.9 Å². The molecule has 22 heavy (non-hydrogen) atoms. The van der Waals surface area contributed by atoms with E-state index in [9.17, 15) is 4.79 Å². The third-order valence-electron chi connectivity index (χ3n) is 4.18. The second-order valence-corrected chi connectivity index (χ2v) is 7.52. The number of fused-ring (bicyclic) bond motifs is 1. The molecule has 1 aliphatic heterocycles. The molecule has 1 aliphatic rings. The van der Waals surface area contributed by atoms with Gasteiger partial charge >= 0.3 is 0 Å². The first-order valence-electron chi connectivity index (χ1n) is 8.02. The van der Waals surface area contributed by atoms with Gasteiger partial charge in [-0.25, -0.2) is 4.68 Å². The van der Waals surface area contributed by atoms with E-state index in [4.69, 9.17) is 0 Å². The molecule has 0 radical (unpaired) electrons. The van der Waals surface area contributed by atoms with Crippen LogP contribution in [-0.4, -0.2) is 15.7 Å². The molecule has 2 aromatic rings. The predicted octanol–water partition coefficient (Wildman–Crippen LogP) is 4.03. The van der Waals surface area contributed by atoms with Crippen LogP contribution in [0.15, 0.2) is 18.3 Å². The fraction of sp³-hybridized carbons (Fsp3) is 0.529. The number of thiophene rings is 1. The van der Waals surface area contributed by atoms with E-state index in [1.807, 2.05) is 22.2 Å². The lowest BCUT2D eigenvalue weighted by atomic mass is 9.93. The summed E-state index contributed by atoms with van der Waals surface area (Å²) >= 11 is 1.82. The van der Waals surface area contributed by atoms with Gasteiger partial charge in [0, 0.05) is 34.2 Å². The van der Waals surface area contributed by atoms with E-state index in [2.05, 4.69) is 43.3 Å². The number of nitrogens with zero attached hydrogens (tertiary/aromatic N) is 2. The Kier molecular flexibility index (Phi) is 4.34.